The minimum absolute atomic E-state index is 0.0123. The maximum atomic E-state index is 12.8. The second kappa shape index (κ2) is 9.26. The first-order valence-corrected chi connectivity index (χ1v) is 8.80. The number of methoxy groups -OCH3 is 1. The van der Waals surface area contributed by atoms with Crippen LogP contribution < -0.4 is 14.2 Å². The summed E-state index contributed by atoms with van der Waals surface area (Å²) in [7, 11) is 1.35. The number of benzene rings is 1. The molecule has 0 bridgehead atoms. The van der Waals surface area contributed by atoms with Crippen molar-refractivity contribution in [2.24, 2.45) is 0 Å². The van der Waals surface area contributed by atoms with Gasteiger partial charge in [-0.15, -0.1) is 0 Å². The SMILES string of the molecule is COc1cc(OCCCSC(F)(F)F)nc(Oc2cccc(C(F)(F)F)c2)c1. The third-order valence-corrected chi connectivity index (χ3v) is 4.00. The second-order valence-corrected chi connectivity index (χ2v) is 6.47. The van der Waals surface area contributed by atoms with E-state index in [0.717, 1.165) is 12.1 Å². The number of thioether (sulfide) groups is 1. The number of pyridine rings is 1. The number of halogens is 6. The normalized spacial score (nSPS) is 12.0. The first-order valence-electron chi connectivity index (χ1n) is 7.81. The Morgan fingerprint density at radius 3 is 2.32 bits per heavy atom. The van der Waals surface area contributed by atoms with Crippen molar-refractivity contribution in [3.63, 3.8) is 0 Å². The summed E-state index contributed by atoms with van der Waals surface area (Å²) < 4.78 is 90.2. The molecular formula is C17H15F6NO3S. The average Bonchev–Trinajstić information content (AvgIpc) is 2.59. The van der Waals surface area contributed by atoms with Gasteiger partial charge in [0.15, 0.2) is 0 Å². The minimum Gasteiger partial charge on any atom is -0.496 e. The molecule has 1 heterocycles. The molecule has 0 N–H and O–H groups in total. The molecule has 0 spiro atoms. The van der Waals surface area contributed by atoms with Crippen molar-refractivity contribution in [2.45, 2.75) is 18.1 Å². The van der Waals surface area contributed by atoms with Crippen molar-refractivity contribution in [1.29, 1.82) is 0 Å². The molecule has 1 aromatic heterocycles. The highest BCUT2D eigenvalue weighted by molar-refractivity contribution is 8.00. The van der Waals surface area contributed by atoms with Crippen LogP contribution in [0.15, 0.2) is 36.4 Å². The van der Waals surface area contributed by atoms with Crippen molar-refractivity contribution >= 4 is 11.8 Å². The molecule has 2 rings (SSSR count). The third kappa shape index (κ3) is 7.37. The van der Waals surface area contributed by atoms with E-state index in [0.29, 0.717) is 0 Å². The van der Waals surface area contributed by atoms with Gasteiger partial charge >= 0.3 is 11.7 Å². The molecule has 0 aliphatic rings. The fourth-order valence-electron chi connectivity index (χ4n) is 1.98. The van der Waals surface area contributed by atoms with Gasteiger partial charge in [0.1, 0.15) is 11.5 Å². The summed E-state index contributed by atoms with van der Waals surface area (Å²) in [6.45, 7) is -0.0355. The van der Waals surface area contributed by atoms with Gasteiger partial charge in [-0.1, -0.05) is 17.8 Å². The molecule has 2 aromatic rings. The predicted molar refractivity (Wildman–Crippen MR) is 90.9 cm³/mol. The van der Waals surface area contributed by atoms with Crippen LogP contribution in [0.5, 0.6) is 23.3 Å². The lowest BCUT2D eigenvalue weighted by atomic mass is 10.2. The third-order valence-electron chi connectivity index (χ3n) is 3.18. The summed E-state index contributed by atoms with van der Waals surface area (Å²) in [6, 6.07) is 6.96. The minimum atomic E-state index is -4.52. The number of alkyl halides is 6. The van der Waals surface area contributed by atoms with E-state index in [9.17, 15) is 26.3 Å². The van der Waals surface area contributed by atoms with Crippen LogP contribution in [-0.4, -0.2) is 30.0 Å². The summed E-state index contributed by atoms with van der Waals surface area (Å²) in [6.07, 6.45) is -4.41. The van der Waals surface area contributed by atoms with Crippen LogP contribution >= 0.6 is 11.8 Å². The van der Waals surface area contributed by atoms with Gasteiger partial charge in [0, 0.05) is 17.9 Å². The van der Waals surface area contributed by atoms with Crippen LogP contribution in [0.4, 0.5) is 26.3 Å². The van der Waals surface area contributed by atoms with E-state index in [1.54, 1.807) is 0 Å². The zero-order valence-corrected chi connectivity index (χ0v) is 15.2. The van der Waals surface area contributed by atoms with Crippen molar-refractivity contribution in [2.75, 3.05) is 19.5 Å². The first kappa shape index (κ1) is 22.0. The van der Waals surface area contributed by atoms with Crippen LogP contribution in [0.25, 0.3) is 0 Å². The summed E-state index contributed by atoms with van der Waals surface area (Å²) in [5, 5.41) is 0. The molecular weight excluding hydrogens is 412 g/mol. The molecule has 0 saturated heterocycles. The second-order valence-electron chi connectivity index (χ2n) is 5.31. The Morgan fingerprint density at radius 2 is 1.68 bits per heavy atom. The fraction of sp³-hybridized carbons (Fsp3) is 0.353. The lowest BCUT2D eigenvalue weighted by Gasteiger charge is -2.12. The van der Waals surface area contributed by atoms with Crippen molar-refractivity contribution in [1.82, 2.24) is 4.98 Å². The van der Waals surface area contributed by atoms with Gasteiger partial charge < -0.3 is 14.2 Å². The molecule has 0 atom stereocenters. The Balaban J connectivity index is 2.04. The van der Waals surface area contributed by atoms with E-state index >= 15 is 0 Å². The zero-order valence-electron chi connectivity index (χ0n) is 14.4. The van der Waals surface area contributed by atoms with Gasteiger partial charge in [-0.05, 0) is 24.6 Å². The van der Waals surface area contributed by atoms with Gasteiger partial charge in [0.2, 0.25) is 11.8 Å². The maximum Gasteiger partial charge on any atom is 0.441 e. The highest BCUT2D eigenvalue weighted by Gasteiger charge is 2.30. The van der Waals surface area contributed by atoms with E-state index in [1.807, 2.05) is 0 Å². The summed E-state index contributed by atoms with van der Waals surface area (Å²) in [5.41, 5.74) is -5.19. The number of ether oxygens (including phenoxy) is 3. The highest BCUT2D eigenvalue weighted by Crippen LogP contribution is 2.34. The standard InChI is InChI=1S/C17H15F6NO3S/c1-25-13-9-14(26-6-3-7-28-17(21,22)23)24-15(10-13)27-12-5-2-4-11(8-12)16(18,19)20/h2,4-5,8-10H,3,6-7H2,1H3. The van der Waals surface area contributed by atoms with Crippen LogP contribution in [0, 0.1) is 0 Å². The molecule has 1 aromatic carbocycles. The number of nitrogens with zero attached hydrogens (tertiary/aromatic N) is 1. The molecule has 0 aliphatic heterocycles. The van der Waals surface area contributed by atoms with Crippen LogP contribution in [0.2, 0.25) is 0 Å². The molecule has 4 nitrogen and oxygen atoms in total. The van der Waals surface area contributed by atoms with Gasteiger partial charge in [-0.3, -0.25) is 0 Å². The summed E-state index contributed by atoms with van der Waals surface area (Å²) in [4.78, 5) is 3.98. The zero-order chi connectivity index (χ0) is 20.8. The molecule has 0 aliphatic carbocycles. The fourth-order valence-corrected chi connectivity index (χ4v) is 2.48. The highest BCUT2D eigenvalue weighted by atomic mass is 32.2. The monoisotopic (exact) mass is 427 g/mol. The van der Waals surface area contributed by atoms with Gasteiger partial charge in [-0.25, -0.2) is 0 Å². The lowest BCUT2D eigenvalue weighted by molar-refractivity contribution is -0.137. The van der Waals surface area contributed by atoms with E-state index in [2.05, 4.69) is 4.98 Å². The summed E-state index contributed by atoms with van der Waals surface area (Å²) >= 11 is -0.157. The molecule has 0 saturated carbocycles. The first-order chi connectivity index (χ1) is 13.1. The van der Waals surface area contributed by atoms with Crippen molar-refractivity contribution < 1.29 is 40.6 Å². The summed E-state index contributed by atoms with van der Waals surface area (Å²) in [5.74, 6) is -0.0856. The number of rotatable bonds is 8. The van der Waals surface area contributed by atoms with E-state index in [1.165, 1.54) is 31.4 Å². The predicted octanol–water partition coefficient (Wildman–Crippen LogP) is 5.92. The molecule has 0 amide bonds. The Labute approximate surface area is 160 Å². The Bertz CT molecular complexity index is 782. The Morgan fingerprint density at radius 1 is 0.964 bits per heavy atom. The van der Waals surface area contributed by atoms with Gasteiger partial charge in [-0.2, -0.15) is 31.3 Å². The van der Waals surface area contributed by atoms with E-state index in [4.69, 9.17) is 14.2 Å². The van der Waals surface area contributed by atoms with E-state index < -0.39 is 17.2 Å². The van der Waals surface area contributed by atoms with Gasteiger partial charge in [0.25, 0.3) is 0 Å². The van der Waals surface area contributed by atoms with E-state index in [-0.39, 0.29) is 53.8 Å². The number of aromatic nitrogens is 1. The molecule has 154 valence electrons. The number of hydrogen-bond acceptors (Lipinski definition) is 5. The molecule has 0 unspecified atom stereocenters. The van der Waals surface area contributed by atoms with Crippen molar-refractivity contribution in [3.8, 4) is 23.3 Å². The Hall–Kier alpha value is -2.30. The Kier molecular flexibility index (Phi) is 7.28. The lowest BCUT2D eigenvalue weighted by Crippen LogP contribution is -2.06. The quantitative estimate of drug-likeness (QED) is 0.386. The van der Waals surface area contributed by atoms with Crippen LogP contribution in [0.1, 0.15) is 12.0 Å². The van der Waals surface area contributed by atoms with Crippen LogP contribution in [-0.2, 0) is 6.18 Å². The topological polar surface area (TPSA) is 40.6 Å². The maximum absolute atomic E-state index is 12.8. The smallest absolute Gasteiger partial charge is 0.441 e. The molecule has 0 fully saturated rings. The van der Waals surface area contributed by atoms with Crippen molar-refractivity contribution in [3.05, 3.63) is 42.0 Å². The van der Waals surface area contributed by atoms with Crippen LogP contribution in [0.3, 0.4) is 0 Å². The molecule has 0 radical (unpaired) electrons. The molecule has 28 heavy (non-hydrogen) atoms. The largest absolute Gasteiger partial charge is 0.496 e. The van der Waals surface area contributed by atoms with Gasteiger partial charge in [0.05, 0.1) is 19.3 Å². The number of hydrogen-bond donors (Lipinski definition) is 0. The molecule has 11 heteroatoms. The average molecular weight is 427 g/mol.